The fourth-order valence-corrected chi connectivity index (χ4v) is 2.66. The summed E-state index contributed by atoms with van der Waals surface area (Å²) in [6.45, 7) is 10.5. The van der Waals surface area contributed by atoms with Crippen LogP contribution in [0, 0.1) is 6.92 Å². The molecule has 112 valence electrons. The van der Waals surface area contributed by atoms with E-state index in [9.17, 15) is 5.11 Å². The number of nitrogens with one attached hydrogen (secondary N) is 1. The Balaban J connectivity index is 2.35. The molecule has 5 heteroatoms. The molecule has 0 aliphatic carbocycles. The summed E-state index contributed by atoms with van der Waals surface area (Å²) < 4.78 is 0. The van der Waals surface area contributed by atoms with Gasteiger partial charge in [-0.15, -0.1) is 0 Å². The molecular weight excluding hydrogens is 252 g/mol. The van der Waals surface area contributed by atoms with Crippen molar-refractivity contribution in [3.8, 4) is 0 Å². The third-order valence-electron chi connectivity index (χ3n) is 3.74. The number of hydrogen-bond acceptors (Lipinski definition) is 5. The zero-order valence-electron chi connectivity index (χ0n) is 13.0. The van der Waals surface area contributed by atoms with E-state index in [-0.39, 0.29) is 0 Å². The number of anilines is 2. The van der Waals surface area contributed by atoms with Crippen LogP contribution in [-0.2, 0) is 6.42 Å². The molecule has 0 saturated carbocycles. The van der Waals surface area contributed by atoms with E-state index in [4.69, 9.17) is 4.98 Å². The molecule has 1 aromatic rings. The molecule has 0 radical (unpaired) electrons. The van der Waals surface area contributed by atoms with Gasteiger partial charge in [-0.2, -0.15) is 0 Å². The quantitative estimate of drug-likeness (QED) is 0.864. The molecule has 0 bridgehead atoms. The molecule has 0 spiro atoms. The van der Waals surface area contributed by atoms with Gasteiger partial charge in [0.1, 0.15) is 17.5 Å². The first kappa shape index (κ1) is 15.0. The standard InChI is InChI=1S/C15H26N4O/c1-5-7-12-17-13(16-6-2)11(3)14(18-12)19-9-8-15(4,20)10-19/h20H,5-10H2,1-4H3,(H,16,17,18). The van der Waals surface area contributed by atoms with Crippen LogP contribution in [0.2, 0.25) is 0 Å². The van der Waals surface area contributed by atoms with E-state index >= 15 is 0 Å². The van der Waals surface area contributed by atoms with Crippen molar-refractivity contribution in [3.05, 3.63) is 11.4 Å². The molecule has 1 aliphatic rings. The van der Waals surface area contributed by atoms with Gasteiger partial charge in [0, 0.05) is 31.6 Å². The Morgan fingerprint density at radius 3 is 2.65 bits per heavy atom. The summed E-state index contributed by atoms with van der Waals surface area (Å²) in [5.41, 5.74) is 0.463. The van der Waals surface area contributed by atoms with E-state index in [1.807, 2.05) is 6.92 Å². The summed E-state index contributed by atoms with van der Waals surface area (Å²) in [7, 11) is 0. The van der Waals surface area contributed by atoms with Crippen molar-refractivity contribution in [1.82, 2.24) is 9.97 Å². The molecule has 1 unspecified atom stereocenters. The monoisotopic (exact) mass is 278 g/mol. The first-order chi connectivity index (χ1) is 9.46. The topological polar surface area (TPSA) is 61.3 Å². The highest BCUT2D eigenvalue weighted by atomic mass is 16.3. The van der Waals surface area contributed by atoms with Crippen LogP contribution < -0.4 is 10.2 Å². The normalized spacial score (nSPS) is 22.4. The number of hydrogen-bond donors (Lipinski definition) is 2. The lowest BCUT2D eigenvalue weighted by Crippen LogP contribution is -2.31. The molecular formula is C15H26N4O. The summed E-state index contributed by atoms with van der Waals surface area (Å²) in [5.74, 6) is 2.78. The number of nitrogens with zero attached hydrogens (tertiary/aromatic N) is 3. The van der Waals surface area contributed by atoms with Crippen LogP contribution in [0.5, 0.6) is 0 Å². The second-order valence-electron chi connectivity index (χ2n) is 5.89. The number of aryl methyl sites for hydroxylation is 1. The van der Waals surface area contributed by atoms with Crippen molar-refractivity contribution in [1.29, 1.82) is 0 Å². The minimum absolute atomic E-state index is 0.610. The van der Waals surface area contributed by atoms with Gasteiger partial charge in [-0.3, -0.25) is 0 Å². The predicted molar refractivity (Wildman–Crippen MR) is 82.4 cm³/mol. The molecule has 0 aromatic carbocycles. The summed E-state index contributed by atoms with van der Waals surface area (Å²) >= 11 is 0. The van der Waals surface area contributed by atoms with Crippen LogP contribution in [0.15, 0.2) is 0 Å². The van der Waals surface area contributed by atoms with Crippen molar-refractivity contribution in [2.75, 3.05) is 29.9 Å². The second kappa shape index (κ2) is 5.95. The third kappa shape index (κ3) is 3.20. The van der Waals surface area contributed by atoms with Gasteiger partial charge in [0.05, 0.1) is 5.60 Å². The predicted octanol–water partition coefficient (Wildman–Crippen LogP) is 2.13. The minimum atomic E-state index is -0.610. The largest absolute Gasteiger partial charge is 0.388 e. The highest BCUT2D eigenvalue weighted by Crippen LogP contribution is 2.30. The van der Waals surface area contributed by atoms with Gasteiger partial charge in [0.15, 0.2) is 0 Å². The van der Waals surface area contributed by atoms with E-state index in [1.165, 1.54) is 0 Å². The molecule has 5 nitrogen and oxygen atoms in total. The SMILES string of the molecule is CCCc1nc(NCC)c(C)c(N2CCC(C)(O)C2)n1. The van der Waals surface area contributed by atoms with Gasteiger partial charge in [0.25, 0.3) is 0 Å². The molecule has 2 rings (SSSR count). The van der Waals surface area contributed by atoms with E-state index in [2.05, 4.69) is 36.0 Å². The Kier molecular flexibility index (Phi) is 4.48. The minimum Gasteiger partial charge on any atom is -0.388 e. The lowest BCUT2D eigenvalue weighted by atomic mass is 10.1. The van der Waals surface area contributed by atoms with Crippen LogP contribution in [0.1, 0.15) is 45.0 Å². The maximum Gasteiger partial charge on any atom is 0.137 e. The lowest BCUT2D eigenvalue weighted by molar-refractivity contribution is 0.0839. The molecule has 2 N–H and O–H groups in total. The van der Waals surface area contributed by atoms with E-state index in [0.717, 1.165) is 55.4 Å². The van der Waals surface area contributed by atoms with Crippen LogP contribution in [0.3, 0.4) is 0 Å². The van der Waals surface area contributed by atoms with Gasteiger partial charge < -0.3 is 15.3 Å². The summed E-state index contributed by atoms with van der Waals surface area (Å²) in [6, 6.07) is 0. The highest BCUT2D eigenvalue weighted by molar-refractivity contribution is 5.59. The van der Waals surface area contributed by atoms with Crippen LogP contribution in [-0.4, -0.2) is 40.3 Å². The number of aromatic nitrogens is 2. The Morgan fingerprint density at radius 1 is 1.35 bits per heavy atom. The number of aliphatic hydroxyl groups is 1. The van der Waals surface area contributed by atoms with E-state index in [1.54, 1.807) is 0 Å². The fraction of sp³-hybridized carbons (Fsp3) is 0.733. The summed E-state index contributed by atoms with van der Waals surface area (Å²) in [6.07, 6.45) is 2.71. The average Bonchev–Trinajstić information content (AvgIpc) is 2.74. The second-order valence-corrected chi connectivity index (χ2v) is 5.89. The van der Waals surface area contributed by atoms with Crippen LogP contribution >= 0.6 is 0 Å². The van der Waals surface area contributed by atoms with Gasteiger partial charge in [-0.25, -0.2) is 9.97 Å². The van der Waals surface area contributed by atoms with Gasteiger partial charge >= 0.3 is 0 Å². The maximum absolute atomic E-state index is 10.2. The van der Waals surface area contributed by atoms with Crippen molar-refractivity contribution in [2.45, 2.75) is 52.6 Å². The smallest absolute Gasteiger partial charge is 0.137 e. The Hall–Kier alpha value is -1.36. The Labute approximate surface area is 121 Å². The number of rotatable bonds is 5. The van der Waals surface area contributed by atoms with Crippen molar-refractivity contribution in [2.24, 2.45) is 0 Å². The molecule has 20 heavy (non-hydrogen) atoms. The number of β-amino-alcohol motifs (C(OH)–C–C–N with tert-alkyl or cyclic N) is 1. The van der Waals surface area contributed by atoms with E-state index in [0.29, 0.717) is 6.54 Å². The molecule has 2 heterocycles. The first-order valence-electron chi connectivity index (χ1n) is 7.55. The van der Waals surface area contributed by atoms with Crippen molar-refractivity contribution < 1.29 is 5.11 Å². The van der Waals surface area contributed by atoms with Crippen molar-refractivity contribution in [3.63, 3.8) is 0 Å². The van der Waals surface area contributed by atoms with Gasteiger partial charge in [0.2, 0.25) is 0 Å². The summed E-state index contributed by atoms with van der Waals surface area (Å²) in [5, 5.41) is 13.5. The average molecular weight is 278 g/mol. The molecule has 1 aromatic heterocycles. The third-order valence-corrected chi connectivity index (χ3v) is 3.74. The highest BCUT2D eigenvalue weighted by Gasteiger charge is 2.33. The maximum atomic E-state index is 10.2. The van der Waals surface area contributed by atoms with Gasteiger partial charge in [-0.05, 0) is 33.6 Å². The zero-order valence-corrected chi connectivity index (χ0v) is 13.0. The van der Waals surface area contributed by atoms with Crippen LogP contribution in [0.4, 0.5) is 11.6 Å². The molecule has 1 atom stereocenters. The fourth-order valence-electron chi connectivity index (χ4n) is 2.66. The Morgan fingerprint density at radius 2 is 2.10 bits per heavy atom. The molecule has 0 amide bonds. The van der Waals surface area contributed by atoms with Crippen LogP contribution in [0.25, 0.3) is 0 Å². The zero-order chi connectivity index (χ0) is 14.8. The molecule has 1 saturated heterocycles. The first-order valence-corrected chi connectivity index (χ1v) is 7.55. The lowest BCUT2D eigenvalue weighted by Gasteiger charge is -2.23. The molecule has 1 aliphatic heterocycles. The van der Waals surface area contributed by atoms with E-state index < -0.39 is 5.60 Å². The Bertz CT molecular complexity index is 473. The summed E-state index contributed by atoms with van der Waals surface area (Å²) in [4.78, 5) is 11.5. The van der Waals surface area contributed by atoms with Gasteiger partial charge in [-0.1, -0.05) is 6.92 Å². The van der Waals surface area contributed by atoms with Crippen molar-refractivity contribution >= 4 is 11.6 Å². The molecule has 1 fully saturated rings.